The summed E-state index contributed by atoms with van der Waals surface area (Å²) in [6, 6.07) is 24.7. The van der Waals surface area contributed by atoms with Crippen molar-refractivity contribution in [1.82, 2.24) is 9.55 Å². The van der Waals surface area contributed by atoms with Crippen LogP contribution in [0.3, 0.4) is 0 Å². The van der Waals surface area contributed by atoms with Crippen LogP contribution in [0.15, 0.2) is 94.6 Å². The Bertz CT molecular complexity index is 2040. The molecule has 1 aliphatic heterocycles. The van der Waals surface area contributed by atoms with Gasteiger partial charge in [0.15, 0.2) is 0 Å². The van der Waals surface area contributed by atoms with E-state index in [1.54, 1.807) is 12.1 Å². The highest BCUT2D eigenvalue weighted by Gasteiger charge is 2.35. The molecule has 1 amide bonds. The average Bonchev–Trinajstić information content (AvgIpc) is 3.54. The van der Waals surface area contributed by atoms with Gasteiger partial charge in [0.25, 0.3) is 5.91 Å². The van der Waals surface area contributed by atoms with Crippen LogP contribution in [0.25, 0.3) is 33.0 Å². The zero-order valence-corrected chi connectivity index (χ0v) is 23.2. The van der Waals surface area contributed by atoms with Crippen LogP contribution in [0, 0.1) is 0 Å². The maximum absolute atomic E-state index is 14.2. The van der Waals surface area contributed by atoms with E-state index < -0.39 is 6.04 Å². The summed E-state index contributed by atoms with van der Waals surface area (Å²) in [5.74, 6) is 1.20. The lowest BCUT2D eigenvalue weighted by Gasteiger charge is -2.31. The smallest absolute Gasteiger partial charge is 0.255 e. The molecule has 0 radical (unpaired) electrons. The highest BCUT2D eigenvalue weighted by atomic mass is 35.5. The summed E-state index contributed by atoms with van der Waals surface area (Å²) in [5, 5.41) is 8.77. The van der Waals surface area contributed by atoms with Crippen LogP contribution in [-0.4, -0.2) is 29.7 Å². The molecule has 1 aliphatic rings. The van der Waals surface area contributed by atoms with Crippen molar-refractivity contribution in [2.45, 2.75) is 13.0 Å². The summed E-state index contributed by atoms with van der Waals surface area (Å²) < 4.78 is 19.1. The summed E-state index contributed by atoms with van der Waals surface area (Å²) in [7, 11) is 3.05. The molecule has 204 valence electrons. The van der Waals surface area contributed by atoms with Gasteiger partial charge in [-0.05, 0) is 42.8 Å². The molecule has 9 heteroatoms. The minimum atomic E-state index is -0.489. The first-order chi connectivity index (χ1) is 20.0. The number of hydrogen-bond donors (Lipinski definition) is 2. The first-order valence-corrected chi connectivity index (χ1v) is 13.4. The van der Waals surface area contributed by atoms with E-state index in [2.05, 4.69) is 21.3 Å². The Morgan fingerprint density at radius 2 is 1.71 bits per heavy atom. The first-order valence-electron chi connectivity index (χ1n) is 13.1. The van der Waals surface area contributed by atoms with Gasteiger partial charge in [0.1, 0.15) is 22.7 Å². The molecule has 0 aliphatic carbocycles. The molecule has 0 unspecified atom stereocenters. The Morgan fingerprint density at radius 1 is 0.951 bits per heavy atom. The van der Waals surface area contributed by atoms with E-state index in [0.29, 0.717) is 39.4 Å². The number of carbonyl (C=O) groups is 1. The lowest BCUT2D eigenvalue weighted by atomic mass is 9.93. The number of benzene rings is 4. The second-order valence-corrected chi connectivity index (χ2v) is 10.3. The predicted octanol–water partition coefficient (Wildman–Crippen LogP) is 7.53. The van der Waals surface area contributed by atoms with Crippen LogP contribution in [0.4, 0.5) is 11.6 Å². The standard InChI is InChI=1S/C32H25ClN4O4/c1-17-29(31(38)35-23-16-27(39-2)21(33)15-28(23)40-3)30(37-24-10-6-5-9-22(24)36-32(37)34-17)18-12-13-26-20(14-18)19-8-4-7-11-25(19)41-26/h4-16,30H,1-3H3,(H,34,36)(H,35,38)/t30-/m0/s1. The minimum absolute atomic E-state index is 0.303. The molecule has 0 spiro atoms. The largest absolute Gasteiger partial charge is 0.495 e. The number of ether oxygens (including phenoxy) is 2. The summed E-state index contributed by atoms with van der Waals surface area (Å²) in [6.07, 6.45) is 0. The van der Waals surface area contributed by atoms with Crippen molar-refractivity contribution < 1.29 is 18.7 Å². The van der Waals surface area contributed by atoms with Crippen LogP contribution in [0.2, 0.25) is 5.02 Å². The Morgan fingerprint density at radius 3 is 2.54 bits per heavy atom. The van der Waals surface area contributed by atoms with Crippen LogP contribution in [0.1, 0.15) is 18.5 Å². The molecule has 0 fully saturated rings. The van der Waals surface area contributed by atoms with Crippen molar-refractivity contribution in [2.24, 2.45) is 0 Å². The number of hydrogen-bond acceptors (Lipinski definition) is 6. The fraction of sp³-hybridized carbons (Fsp3) is 0.125. The quantitative estimate of drug-likeness (QED) is 0.225. The third kappa shape index (κ3) is 3.98. The van der Waals surface area contributed by atoms with Crippen molar-refractivity contribution in [1.29, 1.82) is 0 Å². The third-order valence-corrected chi connectivity index (χ3v) is 7.81. The topological polar surface area (TPSA) is 90.6 Å². The fourth-order valence-corrected chi connectivity index (χ4v) is 5.87. The van der Waals surface area contributed by atoms with E-state index in [1.165, 1.54) is 14.2 Å². The van der Waals surface area contributed by atoms with Gasteiger partial charge in [0, 0.05) is 28.6 Å². The lowest BCUT2D eigenvalue weighted by Crippen LogP contribution is -2.31. The summed E-state index contributed by atoms with van der Waals surface area (Å²) in [6.45, 7) is 1.89. The van der Waals surface area contributed by atoms with E-state index in [9.17, 15) is 4.79 Å². The van der Waals surface area contributed by atoms with Gasteiger partial charge in [0.2, 0.25) is 5.95 Å². The number of aromatic nitrogens is 2. The van der Waals surface area contributed by atoms with Gasteiger partial charge in [-0.25, -0.2) is 4.98 Å². The number of methoxy groups -OCH3 is 2. The fourth-order valence-electron chi connectivity index (χ4n) is 5.64. The molecule has 1 atom stereocenters. The Balaban J connectivity index is 1.41. The monoisotopic (exact) mass is 564 g/mol. The lowest BCUT2D eigenvalue weighted by molar-refractivity contribution is -0.113. The maximum atomic E-state index is 14.2. The Labute approximate surface area is 240 Å². The highest BCUT2D eigenvalue weighted by molar-refractivity contribution is 6.32. The molecule has 8 nitrogen and oxygen atoms in total. The second-order valence-electron chi connectivity index (χ2n) is 9.86. The van der Waals surface area contributed by atoms with Crippen LogP contribution < -0.4 is 20.1 Å². The van der Waals surface area contributed by atoms with Crippen molar-refractivity contribution in [3.8, 4) is 11.5 Å². The van der Waals surface area contributed by atoms with Gasteiger partial charge in [-0.15, -0.1) is 0 Å². The van der Waals surface area contributed by atoms with Gasteiger partial charge in [-0.3, -0.25) is 9.36 Å². The number of furan rings is 1. The van der Waals surface area contributed by atoms with Crippen molar-refractivity contribution in [2.75, 3.05) is 24.9 Å². The van der Waals surface area contributed by atoms with Gasteiger partial charge in [-0.1, -0.05) is 48.0 Å². The number of fused-ring (bicyclic) bond motifs is 6. The van der Waals surface area contributed by atoms with Crippen molar-refractivity contribution in [3.05, 3.63) is 101 Å². The molecule has 3 heterocycles. The molecule has 4 aromatic carbocycles. The molecular weight excluding hydrogens is 540 g/mol. The van der Waals surface area contributed by atoms with E-state index in [1.807, 2.05) is 67.6 Å². The van der Waals surface area contributed by atoms with E-state index in [0.717, 1.165) is 38.5 Å². The van der Waals surface area contributed by atoms with Gasteiger partial charge < -0.3 is 24.5 Å². The van der Waals surface area contributed by atoms with Gasteiger partial charge in [0.05, 0.1) is 47.6 Å². The molecule has 0 saturated heterocycles. The van der Waals surface area contributed by atoms with Gasteiger partial charge >= 0.3 is 0 Å². The SMILES string of the molecule is COc1cc(NC(=O)C2=C(C)Nc3nc4ccccc4n3[C@H]2c2ccc3oc4ccccc4c3c2)c(OC)cc1Cl. The third-order valence-electron chi connectivity index (χ3n) is 7.51. The number of anilines is 2. The molecular formula is C32H25ClN4O4. The zero-order valence-electron chi connectivity index (χ0n) is 22.5. The number of para-hydroxylation sites is 3. The van der Waals surface area contributed by atoms with Crippen molar-refractivity contribution in [3.63, 3.8) is 0 Å². The molecule has 7 rings (SSSR count). The Kier molecular flexibility index (Phi) is 5.87. The Hall–Kier alpha value is -4.95. The number of amides is 1. The molecule has 0 saturated carbocycles. The second kappa shape index (κ2) is 9.60. The predicted molar refractivity (Wildman–Crippen MR) is 161 cm³/mol. The molecule has 2 aromatic heterocycles. The zero-order chi connectivity index (χ0) is 28.2. The normalized spacial score (nSPS) is 14.8. The number of carbonyl (C=O) groups excluding carboxylic acids is 1. The molecule has 0 bridgehead atoms. The molecule has 41 heavy (non-hydrogen) atoms. The van der Waals surface area contributed by atoms with Crippen LogP contribution in [-0.2, 0) is 4.79 Å². The van der Waals surface area contributed by atoms with Crippen LogP contribution in [0.5, 0.6) is 11.5 Å². The number of allylic oxidation sites excluding steroid dienone is 1. The van der Waals surface area contributed by atoms with Gasteiger partial charge in [-0.2, -0.15) is 0 Å². The summed E-state index contributed by atoms with van der Waals surface area (Å²) >= 11 is 6.32. The highest BCUT2D eigenvalue weighted by Crippen LogP contribution is 2.42. The number of nitrogens with zero attached hydrogens (tertiary/aromatic N) is 2. The van der Waals surface area contributed by atoms with Crippen molar-refractivity contribution >= 4 is 62.1 Å². The summed E-state index contributed by atoms with van der Waals surface area (Å²) in [4.78, 5) is 19.1. The number of nitrogens with one attached hydrogen (secondary N) is 2. The maximum Gasteiger partial charge on any atom is 0.255 e. The first kappa shape index (κ1) is 25.0. The number of halogens is 1. The summed E-state index contributed by atoms with van der Waals surface area (Å²) in [5.41, 5.74) is 5.90. The van der Waals surface area contributed by atoms with E-state index >= 15 is 0 Å². The average molecular weight is 565 g/mol. The minimum Gasteiger partial charge on any atom is -0.495 e. The number of imidazole rings is 1. The van der Waals surface area contributed by atoms with E-state index in [4.69, 9.17) is 30.5 Å². The molecule has 2 N–H and O–H groups in total. The molecule has 6 aromatic rings. The number of rotatable bonds is 5. The van der Waals surface area contributed by atoms with Crippen LogP contribution >= 0.6 is 11.6 Å². The van der Waals surface area contributed by atoms with E-state index in [-0.39, 0.29) is 5.91 Å².